The molecule has 2 aromatic heterocycles. The van der Waals surface area contributed by atoms with Gasteiger partial charge in [0.25, 0.3) is 5.91 Å². The Labute approximate surface area is 226 Å². The molecule has 7 nitrogen and oxygen atoms in total. The van der Waals surface area contributed by atoms with Crippen LogP contribution in [-0.4, -0.2) is 51.2 Å². The van der Waals surface area contributed by atoms with Crippen molar-refractivity contribution in [3.05, 3.63) is 50.6 Å². The molecule has 10 heteroatoms. The number of amides is 1. The Bertz CT molecular complexity index is 1260. The van der Waals surface area contributed by atoms with Gasteiger partial charge in [0.15, 0.2) is 5.01 Å². The number of H-pyrrole nitrogens is 1. The Hall–Kier alpha value is -1.97. The van der Waals surface area contributed by atoms with Crippen LogP contribution in [0, 0.1) is 0 Å². The van der Waals surface area contributed by atoms with Crippen molar-refractivity contribution in [2.75, 3.05) is 13.1 Å². The minimum atomic E-state index is -1.17. The standard InChI is InChI=1S/C26H32ClN5O2S.ClH/c1-2-3-11-32-12-9-19-21(15-32)35-25(30-19)24(34)31-22-6-4-5-10-26(22,28)23(33)20-14-16-13-17(27)7-8-18(16)29-20;/h7-8,13-14,22,29H,2-6,9-12,15,28H2,1H3,(H,31,34);1H. The first-order valence-corrected chi connectivity index (χ1v) is 13.7. The van der Waals surface area contributed by atoms with Crippen molar-refractivity contribution >= 4 is 57.9 Å². The maximum absolute atomic E-state index is 13.6. The van der Waals surface area contributed by atoms with E-state index in [1.807, 2.05) is 12.1 Å². The highest BCUT2D eigenvalue weighted by atomic mass is 35.5. The second-order valence-corrected chi connectivity index (χ2v) is 11.3. The number of Topliss-reactive ketones (excluding diaryl/α,β-unsaturated/α-hetero) is 1. The van der Waals surface area contributed by atoms with E-state index in [0.717, 1.165) is 55.5 Å². The van der Waals surface area contributed by atoms with E-state index in [0.29, 0.717) is 28.6 Å². The largest absolute Gasteiger partial charge is 0.352 e. The number of carbonyl (C=O) groups is 2. The maximum atomic E-state index is 13.6. The number of hydrogen-bond acceptors (Lipinski definition) is 6. The molecular formula is C26H33Cl2N5O2S. The number of benzene rings is 1. The maximum Gasteiger partial charge on any atom is 0.280 e. The SMILES string of the molecule is CCCCN1CCc2nc(C(=O)NC3CCCCC3(N)C(=O)c3cc4cc(Cl)ccc4[nH]3)sc2C1.Cl. The topological polar surface area (TPSA) is 104 Å². The van der Waals surface area contributed by atoms with E-state index in [4.69, 9.17) is 17.3 Å². The van der Waals surface area contributed by atoms with Gasteiger partial charge >= 0.3 is 0 Å². The molecule has 0 bridgehead atoms. The molecule has 1 fully saturated rings. The molecule has 1 aliphatic carbocycles. The smallest absolute Gasteiger partial charge is 0.280 e. The minimum Gasteiger partial charge on any atom is -0.352 e. The van der Waals surface area contributed by atoms with Gasteiger partial charge in [0.2, 0.25) is 5.78 Å². The quantitative estimate of drug-likeness (QED) is 0.355. The van der Waals surface area contributed by atoms with Crippen molar-refractivity contribution in [1.29, 1.82) is 0 Å². The van der Waals surface area contributed by atoms with E-state index in [-0.39, 0.29) is 24.1 Å². The number of nitrogens with two attached hydrogens (primary N) is 1. The van der Waals surface area contributed by atoms with Crippen LogP contribution in [0.5, 0.6) is 0 Å². The van der Waals surface area contributed by atoms with Crippen LogP contribution in [0.25, 0.3) is 10.9 Å². The summed E-state index contributed by atoms with van der Waals surface area (Å²) in [5.41, 5.74) is 7.92. The molecular weight excluding hydrogens is 517 g/mol. The van der Waals surface area contributed by atoms with Gasteiger partial charge in [0, 0.05) is 40.3 Å². The highest BCUT2D eigenvalue weighted by Gasteiger charge is 2.45. The number of fused-ring (bicyclic) bond motifs is 2. The third-order valence-corrected chi connectivity index (χ3v) is 8.66. The van der Waals surface area contributed by atoms with Crippen molar-refractivity contribution in [2.45, 2.75) is 70.0 Å². The lowest BCUT2D eigenvalue weighted by molar-refractivity contribution is 0.0755. The summed E-state index contributed by atoms with van der Waals surface area (Å²) in [4.78, 5) is 38.3. The third-order valence-electron chi connectivity index (χ3n) is 7.34. The number of rotatable bonds is 7. The summed E-state index contributed by atoms with van der Waals surface area (Å²) >= 11 is 7.58. The average Bonchev–Trinajstić information content (AvgIpc) is 3.47. The Morgan fingerprint density at radius 3 is 2.97 bits per heavy atom. The van der Waals surface area contributed by atoms with Crippen LogP contribution in [0.15, 0.2) is 24.3 Å². The summed E-state index contributed by atoms with van der Waals surface area (Å²) in [5.74, 6) is -0.415. The Kier molecular flexibility index (Phi) is 8.42. The lowest BCUT2D eigenvalue weighted by atomic mass is 9.74. The minimum absolute atomic E-state index is 0. The molecule has 5 rings (SSSR count). The first-order chi connectivity index (χ1) is 16.9. The van der Waals surface area contributed by atoms with Crippen LogP contribution in [0.4, 0.5) is 0 Å². The van der Waals surface area contributed by atoms with Gasteiger partial charge in [-0.3, -0.25) is 14.5 Å². The molecule has 1 amide bonds. The van der Waals surface area contributed by atoms with Crippen LogP contribution < -0.4 is 11.1 Å². The molecule has 2 unspecified atom stereocenters. The molecule has 1 aliphatic heterocycles. The monoisotopic (exact) mass is 549 g/mol. The summed E-state index contributed by atoms with van der Waals surface area (Å²) in [6.45, 7) is 5.12. The number of nitrogens with one attached hydrogen (secondary N) is 2. The molecule has 0 spiro atoms. The number of carbonyl (C=O) groups excluding carboxylic acids is 2. The summed E-state index contributed by atoms with van der Waals surface area (Å²) in [5, 5.41) is 5.03. The van der Waals surface area contributed by atoms with E-state index < -0.39 is 11.6 Å². The van der Waals surface area contributed by atoms with E-state index in [1.54, 1.807) is 12.1 Å². The second-order valence-electron chi connectivity index (χ2n) is 9.82. The Morgan fingerprint density at radius 2 is 2.17 bits per heavy atom. The van der Waals surface area contributed by atoms with Crippen LogP contribution in [0.2, 0.25) is 5.02 Å². The van der Waals surface area contributed by atoms with Gasteiger partial charge in [-0.2, -0.15) is 0 Å². The van der Waals surface area contributed by atoms with Crippen molar-refractivity contribution < 1.29 is 9.59 Å². The summed E-state index contributed by atoms with van der Waals surface area (Å²) in [7, 11) is 0. The number of hydrogen-bond donors (Lipinski definition) is 3. The van der Waals surface area contributed by atoms with Crippen molar-refractivity contribution in [3.8, 4) is 0 Å². The predicted molar refractivity (Wildman–Crippen MR) is 148 cm³/mol. The highest BCUT2D eigenvalue weighted by molar-refractivity contribution is 7.13. The number of thiazole rings is 1. The van der Waals surface area contributed by atoms with E-state index in [9.17, 15) is 9.59 Å². The summed E-state index contributed by atoms with van der Waals surface area (Å²) in [6, 6.07) is 6.80. The molecule has 0 saturated heterocycles. The van der Waals surface area contributed by atoms with Crippen LogP contribution in [0.3, 0.4) is 0 Å². The number of halogens is 2. The van der Waals surface area contributed by atoms with Gasteiger partial charge in [0.05, 0.1) is 17.4 Å². The normalized spacial score (nSPS) is 22.1. The van der Waals surface area contributed by atoms with Gasteiger partial charge < -0.3 is 16.0 Å². The first-order valence-electron chi connectivity index (χ1n) is 12.5. The molecule has 1 aromatic carbocycles. The molecule has 36 heavy (non-hydrogen) atoms. The molecule has 3 aromatic rings. The van der Waals surface area contributed by atoms with Gasteiger partial charge in [0.1, 0.15) is 5.54 Å². The molecule has 194 valence electrons. The zero-order valence-corrected chi connectivity index (χ0v) is 22.8. The Balaban J connectivity index is 0.00000304. The number of ketones is 1. The van der Waals surface area contributed by atoms with E-state index in [1.165, 1.54) is 29.1 Å². The van der Waals surface area contributed by atoms with Crippen molar-refractivity contribution in [1.82, 2.24) is 20.2 Å². The van der Waals surface area contributed by atoms with E-state index in [2.05, 4.69) is 27.1 Å². The number of aromatic nitrogens is 2. The predicted octanol–water partition coefficient (Wildman–Crippen LogP) is 5.11. The highest BCUT2D eigenvalue weighted by Crippen LogP contribution is 2.32. The fraction of sp³-hybridized carbons (Fsp3) is 0.500. The van der Waals surface area contributed by atoms with Crippen molar-refractivity contribution in [3.63, 3.8) is 0 Å². The van der Waals surface area contributed by atoms with Crippen LogP contribution in [-0.2, 0) is 13.0 Å². The van der Waals surface area contributed by atoms with Crippen LogP contribution in [0.1, 0.15) is 76.3 Å². The number of nitrogens with zero attached hydrogens (tertiary/aromatic N) is 2. The second kappa shape index (κ2) is 11.2. The third kappa shape index (κ3) is 5.34. The molecule has 3 heterocycles. The molecule has 4 N–H and O–H groups in total. The van der Waals surface area contributed by atoms with Gasteiger partial charge in [-0.1, -0.05) is 37.8 Å². The van der Waals surface area contributed by atoms with Gasteiger partial charge in [-0.05, 0) is 50.1 Å². The summed E-state index contributed by atoms with van der Waals surface area (Å²) in [6.07, 6.45) is 6.17. The molecule has 0 radical (unpaired) electrons. The zero-order valence-electron chi connectivity index (χ0n) is 20.4. The first kappa shape index (κ1) is 27.1. The number of unbranched alkanes of at least 4 members (excludes halogenated alkanes) is 1. The summed E-state index contributed by atoms with van der Waals surface area (Å²) < 4.78 is 0. The average molecular weight is 551 g/mol. The van der Waals surface area contributed by atoms with Gasteiger partial charge in [-0.15, -0.1) is 23.7 Å². The van der Waals surface area contributed by atoms with Gasteiger partial charge in [-0.25, -0.2) is 4.98 Å². The Morgan fingerprint density at radius 1 is 1.33 bits per heavy atom. The lowest BCUT2D eigenvalue weighted by Gasteiger charge is -2.39. The zero-order chi connectivity index (χ0) is 24.6. The molecule has 2 atom stereocenters. The fourth-order valence-electron chi connectivity index (χ4n) is 5.29. The molecule has 2 aliphatic rings. The fourth-order valence-corrected chi connectivity index (χ4v) is 6.52. The van der Waals surface area contributed by atoms with Crippen LogP contribution >= 0.6 is 35.3 Å². The number of aromatic amines is 1. The lowest BCUT2D eigenvalue weighted by Crippen LogP contribution is -2.64. The van der Waals surface area contributed by atoms with Crippen molar-refractivity contribution in [2.24, 2.45) is 5.73 Å². The van der Waals surface area contributed by atoms with E-state index >= 15 is 0 Å². The molecule has 1 saturated carbocycles.